The number of benzene rings is 1. The van der Waals surface area contributed by atoms with Crippen molar-refractivity contribution < 1.29 is 8.78 Å². The molecule has 3 heteroatoms. The maximum atomic E-state index is 12.7. The molecule has 16 heavy (non-hydrogen) atoms. The van der Waals surface area contributed by atoms with Crippen LogP contribution in [0.2, 0.25) is 0 Å². The Kier molecular flexibility index (Phi) is 3.95. The zero-order valence-electron chi connectivity index (χ0n) is 10.3. The predicted octanol–water partition coefficient (Wildman–Crippen LogP) is 4.77. The number of halogens is 3. The van der Waals surface area contributed by atoms with Gasteiger partial charge < -0.3 is 0 Å². The molecule has 0 nitrogen and oxygen atoms in total. The van der Waals surface area contributed by atoms with E-state index in [0.29, 0.717) is 5.56 Å². The summed E-state index contributed by atoms with van der Waals surface area (Å²) < 4.78 is 25.4. The first-order valence-electron chi connectivity index (χ1n) is 5.28. The van der Waals surface area contributed by atoms with Crippen molar-refractivity contribution >= 4 is 11.6 Å². The van der Waals surface area contributed by atoms with Crippen molar-refractivity contribution in [3.05, 3.63) is 33.4 Å². The monoisotopic (exact) mass is 246 g/mol. The average Bonchev–Trinajstić information content (AvgIpc) is 2.23. The second-order valence-electron chi connectivity index (χ2n) is 4.27. The van der Waals surface area contributed by atoms with Crippen LogP contribution in [0, 0.1) is 34.6 Å². The van der Waals surface area contributed by atoms with Crippen LogP contribution in [0.4, 0.5) is 8.78 Å². The fourth-order valence-electron chi connectivity index (χ4n) is 2.07. The highest BCUT2D eigenvalue weighted by Gasteiger charge is 2.25. The van der Waals surface area contributed by atoms with Gasteiger partial charge in [0.2, 0.25) is 0 Å². The summed E-state index contributed by atoms with van der Waals surface area (Å²) in [5.74, 6) is 0. The van der Waals surface area contributed by atoms with Gasteiger partial charge in [-0.15, -0.1) is 11.6 Å². The van der Waals surface area contributed by atoms with E-state index in [1.165, 1.54) is 0 Å². The van der Waals surface area contributed by atoms with Gasteiger partial charge in [-0.2, -0.15) is 0 Å². The van der Waals surface area contributed by atoms with Crippen LogP contribution in [0.3, 0.4) is 0 Å². The van der Waals surface area contributed by atoms with E-state index < -0.39 is 11.8 Å². The van der Waals surface area contributed by atoms with E-state index in [2.05, 4.69) is 0 Å². The quantitative estimate of drug-likeness (QED) is 0.659. The molecule has 1 unspecified atom stereocenters. The second-order valence-corrected chi connectivity index (χ2v) is 4.75. The van der Waals surface area contributed by atoms with E-state index in [4.69, 9.17) is 11.6 Å². The molecule has 0 fully saturated rings. The summed E-state index contributed by atoms with van der Waals surface area (Å²) in [4.78, 5) is 0. The Balaban J connectivity index is 3.51. The number of hydrogen-bond acceptors (Lipinski definition) is 0. The molecule has 0 amide bonds. The molecule has 0 radical (unpaired) electrons. The van der Waals surface area contributed by atoms with Crippen molar-refractivity contribution in [2.45, 2.75) is 46.4 Å². The fraction of sp³-hybridized carbons (Fsp3) is 0.538. The molecule has 0 aliphatic carbocycles. The van der Waals surface area contributed by atoms with Gasteiger partial charge in [0.25, 0.3) is 6.43 Å². The van der Waals surface area contributed by atoms with Crippen molar-refractivity contribution in [1.29, 1.82) is 0 Å². The van der Waals surface area contributed by atoms with Gasteiger partial charge in [0.15, 0.2) is 0 Å². The minimum Gasteiger partial charge on any atom is -0.208 e. The molecule has 1 aromatic rings. The molecule has 1 rings (SSSR count). The highest BCUT2D eigenvalue weighted by atomic mass is 35.5. The van der Waals surface area contributed by atoms with Gasteiger partial charge in [-0.3, -0.25) is 0 Å². The van der Waals surface area contributed by atoms with E-state index in [-0.39, 0.29) is 0 Å². The van der Waals surface area contributed by atoms with Crippen LogP contribution >= 0.6 is 11.6 Å². The van der Waals surface area contributed by atoms with E-state index in [1.807, 2.05) is 34.6 Å². The van der Waals surface area contributed by atoms with Crippen molar-refractivity contribution in [3.63, 3.8) is 0 Å². The first-order valence-corrected chi connectivity index (χ1v) is 5.71. The lowest BCUT2D eigenvalue weighted by molar-refractivity contribution is 0.142. The lowest BCUT2D eigenvalue weighted by atomic mass is 9.88. The third kappa shape index (κ3) is 2.08. The van der Waals surface area contributed by atoms with Gasteiger partial charge in [0.05, 0.1) is 0 Å². The largest absolute Gasteiger partial charge is 0.258 e. The minimum atomic E-state index is -2.53. The lowest BCUT2D eigenvalue weighted by Crippen LogP contribution is -2.10. The SMILES string of the molecule is Cc1c(C)c(C)c(C(Cl)C(F)F)c(C)c1C. The first-order chi connectivity index (χ1) is 7.29. The van der Waals surface area contributed by atoms with E-state index in [9.17, 15) is 8.78 Å². The number of alkyl halides is 3. The molecular weight excluding hydrogens is 230 g/mol. The molecule has 0 aliphatic heterocycles. The lowest BCUT2D eigenvalue weighted by Gasteiger charge is -2.21. The Hall–Kier alpha value is -0.630. The molecule has 0 saturated carbocycles. The Morgan fingerprint density at radius 3 is 1.38 bits per heavy atom. The van der Waals surface area contributed by atoms with E-state index in [0.717, 1.165) is 27.8 Å². The predicted molar refractivity (Wildman–Crippen MR) is 64.7 cm³/mol. The third-order valence-corrected chi connectivity index (χ3v) is 3.96. The molecule has 0 N–H and O–H groups in total. The van der Waals surface area contributed by atoms with Gasteiger partial charge >= 0.3 is 0 Å². The van der Waals surface area contributed by atoms with Crippen molar-refractivity contribution in [1.82, 2.24) is 0 Å². The summed E-state index contributed by atoms with van der Waals surface area (Å²) in [7, 11) is 0. The molecule has 1 aromatic carbocycles. The zero-order valence-corrected chi connectivity index (χ0v) is 11.0. The Bertz CT molecular complexity index is 382. The second kappa shape index (κ2) is 4.70. The summed E-state index contributed by atoms with van der Waals surface area (Å²) in [5, 5.41) is -1.21. The summed E-state index contributed by atoms with van der Waals surface area (Å²) >= 11 is 5.80. The molecule has 0 spiro atoms. The van der Waals surface area contributed by atoms with Crippen LogP contribution in [0.25, 0.3) is 0 Å². The van der Waals surface area contributed by atoms with Crippen LogP contribution in [0.15, 0.2) is 0 Å². The van der Waals surface area contributed by atoms with Gasteiger partial charge in [-0.25, -0.2) is 8.78 Å². The highest BCUT2D eigenvalue weighted by Crippen LogP contribution is 2.36. The smallest absolute Gasteiger partial charge is 0.208 e. The van der Waals surface area contributed by atoms with Crippen LogP contribution in [0.5, 0.6) is 0 Å². The summed E-state index contributed by atoms with van der Waals surface area (Å²) in [6.07, 6.45) is -2.53. The van der Waals surface area contributed by atoms with Crippen molar-refractivity contribution in [3.8, 4) is 0 Å². The minimum absolute atomic E-state index is 0.595. The molecular formula is C13H17ClF2. The zero-order chi connectivity index (χ0) is 12.6. The highest BCUT2D eigenvalue weighted by molar-refractivity contribution is 6.21. The topological polar surface area (TPSA) is 0 Å². The standard InChI is InChI=1S/C13H17ClF2/c1-6-7(2)9(4)11(10(5)8(6)3)12(14)13(15)16/h12-13H,1-5H3. The molecule has 0 saturated heterocycles. The molecule has 0 bridgehead atoms. The number of hydrogen-bond donors (Lipinski definition) is 0. The molecule has 0 heterocycles. The van der Waals surface area contributed by atoms with Crippen molar-refractivity contribution in [2.24, 2.45) is 0 Å². The van der Waals surface area contributed by atoms with Crippen LogP contribution in [-0.4, -0.2) is 6.43 Å². The molecule has 0 aromatic heterocycles. The molecule has 1 atom stereocenters. The summed E-state index contributed by atoms with van der Waals surface area (Å²) in [6.45, 7) is 9.65. The first kappa shape index (κ1) is 13.4. The average molecular weight is 247 g/mol. The number of rotatable bonds is 2. The Morgan fingerprint density at radius 2 is 1.06 bits per heavy atom. The van der Waals surface area contributed by atoms with Crippen LogP contribution < -0.4 is 0 Å². The fourth-order valence-corrected chi connectivity index (χ4v) is 2.40. The van der Waals surface area contributed by atoms with Gasteiger partial charge in [-0.1, -0.05) is 0 Å². The molecule has 0 aliphatic rings. The Morgan fingerprint density at radius 1 is 0.750 bits per heavy atom. The van der Waals surface area contributed by atoms with Gasteiger partial charge in [-0.05, 0) is 68.0 Å². The van der Waals surface area contributed by atoms with Crippen LogP contribution in [0.1, 0.15) is 38.8 Å². The maximum Gasteiger partial charge on any atom is 0.258 e. The Labute approximate surface area is 101 Å². The van der Waals surface area contributed by atoms with E-state index in [1.54, 1.807) is 0 Å². The van der Waals surface area contributed by atoms with Crippen LogP contribution in [-0.2, 0) is 0 Å². The normalized spacial score (nSPS) is 13.3. The van der Waals surface area contributed by atoms with Gasteiger partial charge in [0, 0.05) is 0 Å². The molecule has 90 valence electrons. The van der Waals surface area contributed by atoms with Crippen molar-refractivity contribution in [2.75, 3.05) is 0 Å². The summed E-state index contributed by atoms with van der Waals surface area (Å²) in [6, 6.07) is 0. The summed E-state index contributed by atoms with van der Waals surface area (Å²) in [5.41, 5.74) is 5.66. The maximum absolute atomic E-state index is 12.7. The van der Waals surface area contributed by atoms with E-state index >= 15 is 0 Å². The third-order valence-electron chi connectivity index (χ3n) is 3.56. The van der Waals surface area contributed by atoms with Gasteiger partial charge in [0.1, 0.15) is 5.38 Å².